The van der Waals surface area contributed by atoms with Crippen LogP contribution in [0.25, 0.3) is 22.4 Å². The number of aromatic nitrogens is 2. The third-order valence-corrected chi connectivity index (χ3v) is 3.10. The van der Waals surface area contributed by atoms with Crippen LogP contribution >= 0.6 is 0 Å². The van der Waals surface area contributed by atoms with Crippen molar-refractivity contribution in [2.45, 2.75) is 6.18 Å². The topological polar surface area (TPSA) is 54.7 Å². The van der Waals surface area contributed by atoms with E-state index < -0.39 is 17.6 Å². The number of hydrogen-bond acceptors (Lipinski definition) is 2. The van der Waals surface area contributed by atoms with Gasteiger partial charge < -0.3 is 10.7 Å². The highest BCUT2D eigenvalue weighted by Gasteiger charge is 2.35. The normalized spacial score (nSPS) is 12.0. The van der Waals surface area contributed by atoms with E-state index in [1.807, 2.05) is 0 Å². The first-order chi connectivity index (χ1) is 9.88. The van der Waals surface area contributed by atoms with Gasteiger partial charge in [0.25, 0.3) is 0 Å². The number of nitrogen functional groups attached to an aromatic ring is 1. The molecule has 0 fully saturated rings. The lowest BCUT2D eigenvalue weighted by Crippen LogP contribution is -2.08. The Labute approximate surface area is 116 Å². The van der Waals surface area contributed by atoms with E-state index in [2.05, 4.69) is 9.97 Å². The van der Waals surface area contributed by atoms with Crippen molar-refractivity contribution >= 4 is 16.7 Å². The van der Waals surface area contributed by atoms with Crippen LogP contribution in [0.4, 0.5) is 23.2 Å². The highest BCUT2D eigenvalue weighted by atomic mass is 19.4. The molecule has 0 amide bonds. The highest BCUT2D eigenvalue weighted by molar-refractivity contribution is 5.89. The standard InChI is InChI=1S/C14H9F4N3/c15-11-7(3-1-4-8(11)14(16,17)18)13-20-10-6-2-5-9(19)12(10)21-13/h1-6H,19H2,(H,20,21). The van der Waals surface area contributed by atoms with Gasteiger partial charge in [0.1, 0.15) is 17.2 Å². The Morgan fingerprint density at radius 1 is 1.05 bits per heavy atom. The number of imidazole rings is 1. The minimum Gasteiger partial charge on any atom is -0.397 e. The van der Waals surface area contributed by atoms with Gasteiger partial charge >= 0.3 is 6.18 Å². The molecule has 7 heteroatoms. The Kier molecular flexibility index (Phi) is 2.86. The number of aromatic amines is 1. The number of anilines is 1. The first-order valence-electron chi connectivity index (χ1n) is 5.98. The number of fused-ring (bicyclic) bond motifs is 1. The molecule has 0 unspecified atom stereocenters. The van der Waals surface area contributed by atoms with Gasteiger partial charge in [-0.1, -0.05) is 12.1 Å². The third-order valence-electron chi connectivity index (χ3n) is 3.10. The summed E-state index contributed by atoms with van der Waals surface area (Å²) in [6.45, 7) is 0. The number of nitrogens with one attached hydrogen (secondary N) is 1. The maximum Gasteiger partial charge on any atom is 0.419 e. The second-order valence-electron chi connectivity index (χ2n) is 4.49. The molecule has 0 spiro atoms. The second-order valence-corrected chi connectivity index (χ2v) is 4.49. The van der Waals surface area contributed by atoms with Gasteiger partial charge in [0, 0.05) is 0 Å². The molecule has 3 aromatic rings. The quantitative estimate of drug-likeness (QED) is 0.527. The lowest BCUT2D eigenvalue weighted by molar-refractivity contribution is -0.139. The van der Waals surface area contributed by atoms with Gasteiger partial charge in [-0.25, -0.2) is 9.37 Å². The molecular weight excluding hydrogens is 286 g/mol. The Morgan fingerprint density at radius 2 is 1.76 bits per heavy atom. The van der Waals surface area contributed by atoms with Crippen molar-refractivity contribution in [1.82, 2.24) is 9.97 Å². The van der Waals surface area contributed by atoms with Crippen molar-refractivity contribution < 1.29 is 17.6 Å². The summed E-state index contributed by atoms with van der Waals surface area (Å²) in [4.78, 5) is 6.85. The molecule has 108 valence electrons. The molecule has 0 radical (unpaired) electrons. The van der Waals surface area contributed by atoms with Crippen molar-refractivity contribution in [2.24, 2.45) is 0 Å². The minimum atomic E-state index is -4.76. The predicted octanol–water partition coefficient (Wildman–Crippen LogP) is 3.97. The van der Waals surface area contributed by atoms with Crippen LogP contribution in [0.2, 0.25) is 0 Å². The van der Waals surface area contributed by atoms with Gasteiger partial charge in [-0.05, 0) is 24.3 Å². The number of H-pyrrole nitrogens is 1. The summed E-state index contributed by atoms with van der Waals surface area (Å²) in [5, 5.41) is 0. The molecule has 1 heterocycles. The van der Waals surface area contributed by atoms with E-state index in [1.165, 1.54) is 6.07 Å². The average molecular weight is 295 g/mol. The summed E-state index contributed by atoms with van der Waals surface area (Å²) >= 11 is 0. The maximum atomic E-state index is 14.1. The van der Waals surface area contributed by atoms with Crippen LogP contribution in [0.3, 0.4) is 0 Å². The summed E-state index contributed by atoms with van der Waals surface area (Å²) in [6, 6.07) is 8.00. The molecule has 2 aromatic carbocycles. The lowest BCUT2D eigenvalue weighted by Gasteiger charge is -2.09. The van der Waals surface area contributed by atoms with Gasteiger partial charge in [-0.15, -0.1) is 0 Å². The fraction of sp³-hybridized carbons (Fsp3) is 0.0714. The van der Waals surface area contributed by atoms with Crippen LogP contribution in [-0.4, -0.2) is 9.97 Å². The van der Waals surface area contributed by atoms with E-state index in [9.17, 15) is 17.6 Å². The summed E-state index contributed by atoms with van der Waals surface area (Å²) in [7, 11) is 0. The van der Waals surface area contributed by atoms with Crippen molar-refractivity contribution in [3.63, 3.8) is 0 Å². The van der Waals surface area contributed by atoms with E-state index in [0.717, 1.165) is 6.07 Å². The molecule has 3 N–H and O–H groups in total. The predicted molar refractivity (Wildman–Crippen MR) is 70.9 cm³/mol. The number of nitrogens with zero attached hydrogens (tertiary/aromatic N) is 1. The first kappa shape index (κ1) is 13.4. The molecule has 0 atom stereocenters. The summed E-state index contributed by atoms with van der Waals surface area (Å²) in [5.41, 5.74) is 5.44. The highest BCUT2D eigenvalue weighted by Crippen LogP contribution is 2.35. The van der Waals surface area contributed by atoms with Gasteiger partial charge in [0.2, 0.25) is 0 Å². The zero-order chi connectivity index (χ0) is 15.2. The van der Waals surface area contributed by atoms with E-state index in [4.69, 9.17) is 5.73 Å². The molecule has 3 rings (SSSR count). The van der Waals surface area contributed by atoms with Crippen LogP contribution in [0.5, 0.6) is 0 Å². The van der Waals surface area contributed by atoms with E-state index in [-0.39, 0.29) is 11.4 Å². The van der Waals surface area contributed by atoms with Gasteiger partial charge in [0.05, 0.1) is 22.3 Å². The Bertz CT molecular complexity index is 821. The Hall–Kier alpha value is -2.57. The van der Waals surface area contributed by atoms with Gasteiger partial charge in [-0.3, -0.25) is 0 Å². The molecule has 0 bridgehead atoms. The molecule has 21 heavy (non-hydrogen) atoms. The van der Waals surface area contributed by atoms with Crippen molar-refractivity contribution in [3.8, 4) is 11.4 Å². The molecule has 0 aliphatic carbocycles. The van der Waals surface area contributed by atoms with Crippen molar-refractivity contribution in [1.29, 1.82) is 0 Å². The van der Waals surface area contributed by atoms with Crippen LogP contribution in [0.1, 0.15) is 5.56 Å². The number of nitrogens with two attached hydrogens (primary N) is 1. The molecular formula is C14H9F4N3. The number of rotatable bonds is 1. The largest absolute Gasteiger partial charge is 0.419 e. The number of alkyl halides is 3. The first-order valence-corrected chi connectivity index (χ1v) is 5.98. The summed E-state index contributed by atoms with van der Waals surface area (Å²) in [5.74, 6) is -1.35. The summed E-state index contributed by atoms with van der Waals surface area (Å²) in [6.07, 6.45) is -4.76. The molecule has 0 aliphatic rings. The second kappa shape index (κ2) is 4.47. The Balaban J connectivity index is 2.22. The maximum absolute atomic E-state index is 14.1. The molecule has 1 aromatic heterocycles. The Morgan fingerprint density at radius 3 is 2.43 bits per heavy atom. The number of benzene rings is 2. The third kappa shape index (κ3) is 2.20. The fourth-order valence-electron chi connectivity index (χ4n) is 2.12. The molecule has 0 saturated carbocycles. The van der Waals surface area contributed by atoms with E-state index >= 15 is 0 Å². The van der Waals surface area contributed by atoms with Crippen LogP contribution in [0, 0.1) is 5.82 Å². The average Bonchev–Trinajstić information content (AvgIpc) is 2.83. The number of hydrogen-bond donors (Lipinski definition) is 2. The minimum absolute atomic E-state index is 0.00602. The molecule has 0 aliphatic heterocycles. The van der Waals surface area contributed by atoms with Gasteiger partial charge in [0.15, 0.2) is 0 Å². The van der Waals surface area contributed by atoms with Crippen molar-refractivity contribution in [2.75, 3.05) is 5.73 Å². The monoisotopic (exact) mass is 295 g/mol. The fourth-order valence-corrected chi connectivity index (χ4v) is 2.12. The van der Waals surface area contributed by atoms with Crippen LogP contribution in [0.15, 0.2) is 36.4 Å². The van der Waals surface area contributed by atoms with E-state index in [0.29, 0.717) is 22.8 Å². The van der Waals surface area contributed by atoms with Crippen molar-refractivity contribution in [3.05, 3.63) is 47.8 Å². The summed E-state index contributed by atoms with van der Waals surface area (Å²) < 4.78 is 52.2. The molecule has 0 saturated heterocycles. The number of para-hydroxylation sites is 1. The zero-order valence-electron chi connectivity index (χ0n) is 10.5. The smallest absolute Gasteiger partial charge is 0.397 e. The van der Waals surface area contributed by atoms with Gasteiger partial charge in [-0.2, -0.15) is 13.2 Å². The van der Waals surface area contributed by atoms with Crippen LogP contribution in [-0.2, 0) is 6.18 Å². The van der Waals surface area contributed by atoms with Crippen LogP contribution < -0.4 is 5.73 Å². The zero-order valence-corrected chi connectivity index (χ0v) is 10.5. The lowest BCUT2D eigenvalue weighted by atomic mass is 10.1. The molecule has 3 nitrogen and oxygen atoms in total. The SMILES string of the molecule is Nc1cccc2[nH]c(-c3cccc(C(F)(F)F)c3F)nc12. The van der Waals surface area contributed by atoms with E-state index in [1.54, 1.807) is 18.2 Å². The number of halogens is 4.